The highest BCUT2D eigenvalue weighted by molar-refractivity contribution is 6.02. The van der Waals surface area contributed by atoms with Crippen molar-refractivity contribution >= 4 is 11.7 Å². The minimum atomic E-state index is -0.396. The lowest BCUT2D eigenvalue weighted by atomic mass is 10.2. The summed E-state index contributed by atoms with van der Waals surface area (Å²) in [5, 5.41) is 11.6. The number of hydrogen-bond donors (Lipinski definition) is 1. The third-order valence-electron chi connectivity index (χ3n) is 3.47. The highest BCUT2D eigenvalue weighted by atomic mass is 16.5. The number of anilines is 1. The monoisotopic (exact) mass is 333 g/mol. The summed E-state index contributed by atoms with van der Waals surface area (Å²) in [5.74, 6) is 0.772. The number of aryl methyl sites for hydroxylation is 1. The van der Waals surface area contributed by atoms with Gasteiger partial charge in [0.2, 0.25) is 0 Å². The number of ether oxygens (including phenoxy) is 1. The van der Waals surface area contributed by atoms with Crippen molar-refractivity contribution in [3.05, 3.63) is 77.4 Å². The molecule has 1 amide bonds. The van der Waals surface area contributed by atoms with Gasteiger partial charge in [0.15, 0.2) is 5.76 Å². The Hall–Kier alpha value is -3.59. The predicted octanol–water partition coefficient (Wildman–Crippen LogP) is 3.69. The van der Waals surface area contributed by atoms with E-state index in [2.05, 4.69) is 16.4 Å². The van der Waals surface area contributed by atoms with Crippen LogP contribution in [-0.4, -0.2) is 10.9 Å². The van der Waals surface area contributed by atoms with Gasteiger partial charge in [-0.2, -0.15) is 5.26 Å². The number of nitriles is 1. The van der Waals surface area contributed by atoms with Crippen LogP contribution in [0.5, 0.6) is 5.75 Å². The molecule has 0 spiro atoms. The van der Waals surface area contributed by atoms with E-state index in [-0.39, 0.29) is 12.4 Å². The van der Waals surface area contributed by atoms with Crippen molar-refractivity contribution < 1.29 is 13.9 Å². The number of amides is 1. The Morgan fingerprint density at radius 2 is 2.20 bits per heavy atom. The number of nitrogens with zero attached hydrogens (tertiary/aromatic N) is 2. The van der Waals surface area contributed by atoms with Gasteiger partial charge < -0.3 is 14.5 Å². The van der Waals surface area contributed by atoms with Gasteiger partial charge in [-0.15, -0.1) is 0 Å². The number of benzene rings is 1. The molecular formula is C19H15N3O3. The quantitative estimate of drug-likeness (QED) is 0.769. The van der Waals surface area contributed by atoms with Crippen LogP contribution in [-0.2, 0) is 6.61 Å². The summed E-state index contributed by atoms with van der Waals surface area (Å²) < 4.78 is 10.9. The summed E-state index contributed by atoms with van der Waals surface area (Å²) >= 11 is 0. The second-order valence-corrected chi connectivity index (χ2v) is 5.38. The molecule has 0 bridgehead atoms. The fourth-order valence-corrected chi connectivity index (χ4v) is 2.24. The van der Waals surface area contributed by atoms with Crippen LogP contribution in [0.4, 0.5) is 5.82 Å². The summed E-state index contributed by atoms with van der Waals surface area (Å²) in [5.41, 5.74) is 2.10. The number of aromatic nitrogens is 1. The Balaban J connectivity index is 1.69. The fourth-order valence-electron chi connectivity index (χ4n) is 2.24. The number of nitrogens with one attached hydrogen (secondary N) is 1. The van der Waals surface area contributed by atoms with E-state index in [9.17, 15) is 4.79 Å². The zero-order chi connectivity index (χ0) is 17.6. The zero-order valence-electron chi connectivity index (χ0n) is 13.5. The first-order chi connectivity index (χ1) is 12.2. The van der Waals surface area contributed by atoms with Gasteiger partial charge in [0.25, 0.3) is 5.91 Å². The highest BCUT2D eigenvalue weighted by Crippen LogP contribution is 2.18. The molecule has 0 unspecified atom stereocenters. The van der Waals surface area contributed by atoms with Crippen molar-refractivity contribution in [2.24, 2.45) is 0 Å². The molecule has 0 radical (unpaired) electrons. The summed E-state index contributed by atoms with van der Waals surface area (Å²) in [4.78, 5) is 16.5. The number of rotatable bonds is 5. The van der Waals surface area contributed by atoms with Crippen LogP contribution < -0.4 is 10.1 Å². The summed E-state index contributed by atoms with van der Waals surface area (Å²) in [6.45, 7) is 2.06. The van der Waals surface area contributed by atoms with Gasteiger partial charge in [0.05, 0.1) is 17.9 Å². The topological polar surface area (TPSA) is 88.2 Å². The van der Waals surface area contributed by atoms with E-state index < -0.39 is 5.91 Å². The third kappa shape index (κ3) is 4.03. The van der Waals surface area contributed by atoms with Gasteiger partial charge in [0, 0.05) is 11.8 Å². The molecule has 2 aromatic heterocycles. The van der Waals surface area contributed by atoms with Gasteiger partial charge >= 0.3 is 0 Å². The largest absolute Gasteiger partial charge is 0.489 e. The minimum absolute atomic E-state index is 0.148. The molecule has 6 heteroatoms. The minimum Gasteiger partial charge on any atom is -0.489 e. The average Bonchev–Trinajstić information content (AvgIpc) is 3.09. The Bertz CT molecular complexity index is 941. The number of carbonyl (C=O) groups is 1. The molecule has 1 aromatic carbocycles. The maximum atomic E-state index is 12.4. The van der Waals surface area contributed by atoms with E-state index in [1.807, 2.05) is 13.0 Å². The molecule has 3 rings (SSSR count). The second-order valence-electron chi connectivity index (χ2n) is 5.38. The van der Waals surface area contributed by atoms with Gasteiger partial charge in [-0.25, -0.2) is 4.98 Å². The molecule has 0 aliphatic heterocycles. The van der Waals surface area contributed by atoms with Crippen molar-refractivity contribution in [3.63, 3.8) is 0 Å². The summed E-state index contributed by atoms with van der Waals surface area (Å²) in [6.07, 6.45) is 3.06. The maximum absolute atomic E-state index is 12.4. The van der Waals surface area contributed by atoms with Crippen LogP contribution in [0.2, 0.25) is 0 Å². The molecule has 3 aromatic rings. The molecule has 0 atom stereocenters. The molecule has 6 nitrogen and oxygen atoms in total. The lowest BCUT2D eigenvalue weighted by Gasteiger charge is -2.07. The van der Waals surface area contributed by atoms with Gasteiger partial charge in [-0.3, -0.25) is 4.79 Å². The van der Waals surface area contributed by atoms with Crippen molar-refractivity contribution in [3.8, 4) is 11.8 Å². The summed E-state index contributed by atoms with van der Waals surface area (Å²) in [6, 6.07) is 14.2. The molecule has 0 aliphatic carbocycles. The van der Waals surface area contributed by atoms with E-state index in [1.54, 1.807) is 42.6 Å². The van der Waals surface area contributed by atoms with Crippen LogP contribution >= 0.6 is 0 Å². The van der Waals surface area contributed by atoms with E-state index in [1.165, 1.54) is 6.26 Å². The van der Waals surface area contributed by atoms with Crippen LogP contribution in [0.15, 0.2) is 59.3 Å². The molecule has 124 valence electrons. The maximum Gasteiger partial charge on any atom is 0.292 e. The van der Waals surface area contributed by atoms with Crippen molar-refractivity contribution in [1.82, 2.24) is 4.98 Å². The fraction of sp³-hybridized carbons (Fsp3) is 0.105. The molecule has 0 saturated carbocycles. The van der Waals surface area contributed by atoms with E-state index in [4.69, 9.17) is 14.4 Å². The highest BCUT2D eigenvalue weighted by Gasteiger charge is 2.16. The van der Waals surface area contributed by atoms with Gasteiger partial charge in [-0.1, -0.05) is 6.07 Å². The van der Waals surface area contributed by atoms with Crippen molar-refractivity contribution in [2.45, 2.75) is 13.5 Å². The molecule has 2 heterocycles. The summed E-state index contributed by atoms with van der Waals surface area (Å²) in [7, 11) is 0. The number of hydrogen-bond acceptors (Lipinski definition) is 5. The van der Waals surface area contributed by atoms with Crippen LogP contribution in [0.3, 0.4) is 0 Å². The molecule has 0 saturated heterocycles. The number of furan rings is 1. The average molecular weight is 333 g/mol. The Kier molecular flexibility index (Phi) is 4.77. The molecule has 0 aliphatic rings. The third-order valence-corrected chi connectivity index (χ3v) is 3.47. The molecule has 1 N–H and O–H groups in total. The lowest BCUT2D eigenvalue weighted by Crippen LogP contribution is -2.14. The first-order valence-corrected chi connectivity index (χ1v) is 7.59. The zero-order valence-corrected chi connectivity index (χ0v) is 13.5. The van der Waals surface area contributed by atoms with Gasteiger partial charge in [0.1, 0.15) is 18.2 Å². The molecule has 25 heavy (non-hydrogen) atoms. The second kappa shape index (κ2) is 7.32. The van der Waals surface area contributed by atoms with E-state index in [0.29, 0.717) is 22.7 Å². The Labute approximate surface area is 144 Å². The number of pyridine rings is 1. The van der Waals surface area contributed by atoms with Crippen LogP contribution in [0.1, 0.15) is 27.2 Å². The lowest BCUT2D eigenvalue weighted by molar-refractivity contribution is 0.0993. The standard InChI is InChI=1S/C19H15N3O3/c1-13-5-7-21-17(9-13)22-19(23)18-15(6-8-24-18)12-25-16-4-2-3-14(10-16)11-20/h2-10H,12H2,1H3,(H,21,22,23). The number of carbonyl (C=O) groups excluding carboxylic acids is 1. The van der Waals surface area contributed by atoms with Crippen molar-refractivity contribution in [1.29, 1.82) is 5.26 Å². The first kappa shape index (κ1) is 16.3. The normalized spacial score (nSPS) is 10.1. The Morgan fingerprint density at radius 3 is 3.00 bits per heavy atom. The smallest absolute Gasteiger partial charge is 0.292 e. The van der Waals surface area contributed by atoms with E-state index in [0.717, 1.165) is 5.56 Å². The van der Waals surface area contributed by atoms with E-state index >= 15 is 0 Å². The van der Waals surface area contributed by atoms with Crippen LogP contribution in [0, 0.1) is 18.3 Å². The Morgan fingerprint density at radius 1 is 1.32 bits per heavy atom. The first-order valence-electron chi connectivity index (χ1n) is 7.59. The molecule has 0 fully saturated rings. The van der Waals surface area contributed by atoms with Gasteiger partial charge in [-0.05, 0) is 48.9 Å². The molecular weight excluding hydrogens is 318 g/mol. The van der Waals surface area contributed by atoms with Crippen molar-refractivity contribution in [2.75, 3.05) is 5.32 Å². The predicted molar refractivity (Wildman–Crippen MR) is 91.1 cm³/mol. The SMILES string of the molecule is Cc1ccnc(NC(=O)c2occc2COc2cccc(C#N)c2)c1. The van der Waals surface area contributed by atoms with Crippen LogP contribution in [0.25, 0.3) is 0 Å².